The van der Waals surface area contributed by atoms with Crippen LogP contribution < -0.4 is 11.1 Å². The zero-order valence-corrected chi connectivity index (χ0v) is 12.4. The zero-order chi connectivity index (χ0) is 13.6. The number of amides is 1. The smallest absolute Gasteiger partial charge is 0.232 e. The maximum absolute atomic E-state index is 12.0. The van der Waals surface area contributed by atoms with Crippen LogP contribution in [0.15, 0.2) is 0 Å². The van der Waals surface area contributed by atoms with Crippen molar-refractivity contribution >= 4 is 23.1 Å². The number of nitrogens with zero attached hydrogens (tertiary/aromatic N) is 1. The predicted molar refractivity (Wildman–Crippen MR) is 76.0 cm³/mol. The van der Waals surface area contributed by atoms with Crippen molar-refractivity contribution in [2.24, 2.45) is 11.1 Å². The maximum atomic E-state index is 12.0. The van der Waals surface area contributed by atoms with Crippen LogP contribution in [0, 0.1) is 5.41 Å². The molecule has 100 valence electrons. The Balaban J connectivity index is 4.23. The average Bonchev–Trinajstić information content (AvgIpc) is 2.26. The molecule has 1 unspecified atom stereocenters. The number of carbonyl (C=O) groups is 1. The van der Waals surface area contributed by atoms with Gasteiger partial charge in [-0.15, -0.1) is 0 Å². The van der Waals surface area contributed by atoms with Crippen molar-refractivity contribution in [1.82, 2.24) is 10.2 Å². The van der Waals surface area contributed by atoms with Gasteiger partial charge in [0.05, 0.1) is 10.4 Å². The number of nitrogens with one attached hydrogen (secondary N) is 1. The lowest BCUT2D eigenvalue weighted by Gasteiger charge is -2.27. The van der Waals surface area contributed by atoms with Crippen LogP contribution in [0.5, 0.6) is 0 Å². The van der Waals surface area contributed by atoms with E-state index >= 15 is 0 Å². The molecule has 0 radical (unpaired) electrons. The molecular weight excluding hydrogens is 234 g/mol. The zero-order valence-electron chi connectivity index (χ0n) is 11.5. The van der Waals surface area contributed by atoms with Crippen LogP contribution in [0.25, 0.3) is 0 Å². The Labute approximate surface area is 110 Å². The monoisotopic (exact) mass is 259 g/mol. The van der Waals surface area contributed by atoms with E-state index in [1.54, 1.807) is 6.92 Å². The third kappa shape index (κ3) is 4.60. The van der Waals surface area contributed by atoms with Gasteiger partial charge in [0.25, 0.3) is 0 Å². The highest BCUT2D eigenvalue weighted by Gasteiger charge is 2.34. The van der Waals surface area contributed by atoms with E-state index < -0.39 is 5.41 Å². The highest BCUT2D eigenvalue weighted by Crippen LogP contribution is 2.21. The van der Waals surface area contributed by atoms with Gasteiger partial charge in [-0.2, -0.15) is 0 Å². The number of likely N-dealkylation sites (N-methyl/N-ethyl adjacent to an activating group) is 1. The Morgan fingerprint density at radius 1 is 1.53 bits per heavy atom. The maximum Gasteiger partial charge on any atom is 0.232 e. The van der Waals surface area contributed by atoms with Crippen molar-refractivity contribution in [2.45, 2.75) is 40.2 Å². The lowest BCUT2D eigenvalue weighted by molar-refractivity contribution is -0.127. The minimum Gasteiger partial charge on any atom is -0.392 e. The Morgan fingerprint density at radius 2 is 2.06 bits per heavy atom. The molecule has 3 N–H and O–H groups in total. The van der Waals surface area contributed by atoms with Gasteiger partial charge >= 0.3 is 0 Å². The first kappa shape index (κ1) is 16.3. The minimum absolute atomic E-state index is 0.0790. The van der Waals surface area contributed by atoms with Crippen molar-refractivity contribution in [3.05, 3.63) is 0 Å². The van der Waals surface area contributed by atoms with Crippen LogP contribution >= 0.6 is 12.2 Å². The molecule has 17 heavy (non-hydrogen) atoms. The number of carbonyl (C=O) groups excluding carboxylic acids is 1. The molecule has 0 aliphatic rings. The van der Waals surface area contributed by atoms with Gasteiger partial charge in [-0.25, -0.2) is 0 Å². The molecule has 0 saturated carbocycles. The number of hydrogen-bond donors (Lipinski definition) is 2. The summed E-state index contributed by atoms with van der Waals surface area (Å²) in [7, 11) is 2.03. The van der Waals surface area contributed by atoms with E-state index in [-0.39, 0.29) is 10.9 Å². The summed E-state index contributed by atoms with van der Waals surface area (Å²) >= 11 is 4.96. The van der Waals surface area contributed by atoms with Crippen LogP contribution in [0.1, 0.15) is 34.1 Å². The van der Waals surface area contributed by atoms with E-state index in [9.17, 15) is 4.79 Å². The molecule has 1 amide bonds. The van der Waals surface area contributed by atoms with Crippen molar-refractivity contribution in [2.75, 3.05) is 20.1 Å². The van der Waals surface area contributed by atoms with Gasteiger partial charge in [0.2, 0.25) is 5.91 Å². The third-order valence-corrected chi connectivity index (χ3v) is 3.83. The van der Waals surface area contributed by atoms with Crippen molar-refractivity contribution in [1.29, 1.82) is 0 Å². The second kappa shape index (κ2) is 6.91. The van der Waals surface area contributed by atoms with E-state index in [1.165, 1.54) is 0 Å². The van der Waals surface area contributed by atoms with Gasteiger partial charge < -0.3 is 16.0 Å². The lowest BCUT2D eigenvalue weighted by atomic mass is 9.86. The van der Waals surface area contributed by atoms with E-state index in [0.717, 1.165) is 6.54 Å². The van der Waals surface area contributed by atoms with Crippen LogP contribution in [0.2, 0.25) is 0 Å². The lowest BCUT2D eigenvalue weighted by Crippen LogP contribution is -2.48. The Morgan fingerprint density at radius 3 is 2.41 bits per heavy atom. The molecule has 0 bridgehead atoms. The first-order valence-electron chi connectivity index (χ1n) is 6.04. The molecule has 0 aliphatic heterocycles. The molecule has 0 fully saturated rings. The largest absolute Gasteiger partial charge is 0.392 e. The second-order valence-corrected chi connectivity index (χ2v) is 5.32. The summed E-state index contributed by atoms with van der Waals surface area (Å²) in [6, 6.07) is 0.472. The molecule has 1 atom stereocenters. The summed E-state index contributed by atoms with van der Waals surface area (Å²) in [5, 5.41) is 2.89. The topological polar surface area (TPSA) is 58.4 Å². The standard InChI is InChI=1S/C12H25N3OS/c1-6-12(4,10(13)17)11(16)14-7-8-15(5)9(2)3/h9H,6-8H2,1-5H3,(H2,13,17)(H,14,16). The van der Waals surface area contributed by atoms with Crippen molar-refractivity contribution < 1.29 is 4.79 Å². The Bertz CT molecular complexity index is 281. The van der Waals surface area contributed by atoms with Crippen LogP contribution in [0.3, 0.4) is 0 Å². The normalized spacial score (nSPS) is 14.8. The summed E-state index contributed by atoms with van der Waals surface area (Å²) < 4.78 is 0. The molecule has 0 aliphatic carbocycles. The van der Waals surface area contributed by atoms with Crippen molar-refractivity contribution in [3.63, 3.8) is 0 Å². The molecule has 0 heterocycles. The van der Waals surface area contributed by atoms with Crippen LogP contribution in [-0.4, -0.2) is 42.0 Å². The van der Waals surface area contributed by atoms with E-state index in [0.29, 0.717) is 19.0 Å². The van der Waals surface area contributed by atoms with Gasteiger partial charge in [-0.05, 0) is 34.2 Å². The summed E-state index contributed by atoms with van der Waals surface area (Å²) in [5.41, 5.74) is 4.89. The fourth-order valence-electron chi connectivity index (χ4n) is 1.25. The fraction of sp³-hybridized carbons (Fsp3) is 0.833. The Kier molecular flexibility index (Phi) is 6.64. The number of hydrogen-bond acceptors (Lipinski definition) is 3. The molecule has 0 aromatic heterocycles. The first-order chi connectivity index (χ1) is 7.75. The van der Waals surface area contributed by atoms with E-state index in [1.807, 2.05) is 14.0 Å². The van der Waals surface area contributed by atoms with Gasteiger partial charge in [0.1, 0.15) is 0 Å². The van der Waals surface area contributed by atoms with E-state index in [2.05, 4.69) is 24.1 Å². The first-order valence-corrected chi connectivity index (χ1v) is 6.45. The molecule has 5 heteroatoms. The molecule has 0 saturated heterocycles. The van der Waals surface area contributed by atoms with Gasteiger partial charge in [0, 0.05) is 19.1 Å². The molecular formula is C12H25N3OS. The van der Waals surface area contributed by atoms with Gasteiger partial charge in [0.15, 0.2) is 0 Å². The van der Waals surface area contributed by atoms with Gasteiger partial charge in [-0.1, -0.05) is 19.1 Å². The summed E-state index contributed by atoms with van der Waals surface area (Å²) in [6.45, 7) is 9.38. The molecule has 0 spiro atoms. The number of nitrogens with two attached hydrogens (primary N) is 1. The van der Waals surface area contributed by atoms with Crippen molar-refractivity contribution in [3.8, 4) is 0 Å². The number of thiocarbonyl (C=S) groups is 1. The fourth-order valence-corrected chi connectivity index (χ4v) is 1.48. The summed E-state index contributed by atoms with van der Waals surface area (Å²) in [6.07, 6.45) is 0.619. The quantitative estimate of drug-likeness (QED) is 0.673. The molecule has 4 nitrogen and oxygen atoms in total. The third-order valence-electron chi connectivity index (χ3n) is 3.38. The SMILES string of the molecule is CCC(C)(C(=O)NCCN(C)C(C)C)C(N)=S. The summed E-state index contributed by atoms with van der Waals surface area (Å²) in [5.74, 6) is -0.0790. The van der Waals surface area contributed by atoms with E-state index in [4.69, 9.17) is 18.0 Å². The Hall–Kier alpha value is -0.680. The predicted octanol–water partition coefficient (Wildman–Crippen LogP) is 1.15. The molecule has 0 aromatic carbocycles. The summed E-state index contributed by atoms with van der Waals surface area (Å²) in [4.78, 5) is 14.4. The highest BCUT2D eigenvalue weighted by atomic mass is 32.1. The molecule has 0 aromatic rings. The highest BCUT2D eigenvalue weighted by molar-refractivity contribution is 7.80. The minimum atomic E-state index is -0.730. The van der Waals surface area contributed by atoms with Crippen LogP contribution in [-0.2, 0) is 4.79 Å². The van der Waals surface area contributed by atoms with Crippen LogP contribution in [0.4, 0.5) is 0 Å². The second-order valence-electron chi connectivity index (χ2n) is 4.88. The average molecular weight is 259 g/mol. The number of rotatable bonds is 7. The molecule has 0 rings (SSSR count). The van der Waals surface area contributed by atoms with Gasteiger partial charge in [-0.3, -0.25) is 4.79 Å².